The second-order valence-corrected chi connectivity index (χ2v) is 4.43. The van der Waals surface area contributed by atoms with E-state index in [-0.39, 0.29) is 11.7 Å². The van der Waals surface area contributed by atoms with E-state index in [1.54, 1.807) is 0 Å². The number of amides is 1. The minimum Gasteiger partial charge on any atom is -0.326 e. The molecular formula is C12H12FNO. The SMILES string of the molecule is O=C1CC(C2CC2)c2ccc(F)cc2N1. The minimum absolute atomic E-state index is 0.0185. The van der Waals surface area contributed by atoms with E-state index in [1.807, 2.05) is 6.07 Å². The Bertz CT molecular complexity index is 426. The summed E-state index contributed by atoms with van der Waals surface area (Å²) >= 11 is 0. The highest BCUT2D eigenvalue weighted by atomic mass is 19.1. The molecule has 15 heavy (non-hydrogen) atoms. The lowest BCUT2D eigenvalue weighted by Gasteiger charge is -2.25. The van der Waals surface area contributed by atoms with E-state index in [2.05, 4.69) is 5.32 Å². The van der Waals surface area contributed by atoms with E-state index < -0.39 is 0 Å². The van der Waals surface area contributed by atoms with Gasteiger partial charge in [-0.3, -0.25) is 4.79 Å². The quantitative estimate of drug-likeness (QED) is 0.750. The molecule has 1 fully saturated rings. The van der Waals surface area contributed by atoms with Crippen molar-refractivity contribution in [3.63, 3.8) is 0 Å². The maximum Gasteiger partial charge on any atom is 0.225 e. The Hall–Kier alpha value is -1.38. The van der Waals surface area contributed by atoms with Crippen molar-refractivity contribution in [1.82, 2.24) is 0 Å². The number of anilines is 1. The summed E-state index contributed by atoms with van der Waals surface area (Å²) in [6, 6.07) is 4.71. The smallest absolute Gasteiger partial charge is 0.225 e. The topological polar surface area (TPSA) is 29.1 Å². The summed E-state index contributed by atoms with van der Waals surface area (Å²) in [4.78, 5) is 11.4. The van der Waals surface area contributed by atoms with Crippen LogP contribution < -0.4 is 5.32 Å². The fraction of sp³-hybridized carbons (Fsp3) is 0.417. The number of hydrogen-bond donors (Lipinski definition) is 1. The molecule has 1 amide bonds. The molecule has 0 saturated heterocycles. The number of carbonyl (C=O) groups is 1. The monoisotopic (exact) mass is 205 g/mol. The van der Waals surface area contributed by atoms with Gasteiger partial charge in [0.2, 0.25) is 5.91 Å². The standard InChI is InChI=1S/C12H12FNO/c13-8-3-4-9-10(7-1-2-7)6-12(15)14-11(9)5-8/h3-5,7,10H,1-2,6H2,(H,14,15). The molecule has 1 saturated carbocycles. The molecule has 1 aliphatic heterocycles. The van der Waals surface area contributed by atoms with Gasteiger partial charge in [-0.25, -0.2) is 4.39 Å². The maximum absolute atomic E-state index is 13.0. The van der Waals surface area contributed by atoms with E-state index in [9.17, 15) is 9.18 Å². The van der Waals surface area contributed by atoms with Crippen molar-refractivity contribution < 1.29 is 9.18 Å². The van der Waals surface area contributed by atoms with Crippen molar-refractivity contribution in [2.45, 2.75) is 25.2 Å². The van der Waals surface area contributed by atoms with E-state index >= 15 is 0 Å². The molecule has 1 N–H and O–H groups in total. The first kappa shape index (κ1) is 8.89. The Labute approximate surface area is 87.5 Å². The van der Waals surface area contributed by atoms with Gasteiger partial charge in [0.1, 0.15) is 5.82 Å². The first-order chi connectivity index (χ1) is 7.24. The fourth-order valence-corrected chi connectivity index (χ4v) is 2.39. The predicted molar refractivity (Wildman–Crippen MR) is 55.1 cm³/mol. The average molecular weight is 205 g/mol. The fourth-order valence-electron chi connectivity index (χ4n) is 2.39. The molecule has 1 atom stereocenters. The van der Waals surface area contributed by atoms with Crippen LogP contribution >= 0.6 is 0 Å². The van der Waals surface area contributed by atoms with Crippen LogP contribution in [-0.4, -0.2) is 5.91 Å². The van der Waals surface area contributed by atoms with Crippen molar-refractivity contribution in [3.8, 4) is 0 Å². The summed E-state index contributed by atoms with van der Waals surface area (Å²) in [6.07, 6.45) is 2.97. The lowest BCUT2D eigenvalue weighted by Crippen LogP contribution is -2.23. The van der Waals surface area contributed by atoms with Gasteiger partial charge in [0.25, 0.3) is 0 Å². The van der Waals surface area contributed by atoms with Crippen LogP contribution in [0.2, 0.25) is 0 Å². The maximum atomic E-state index is 13.0. The van der Waals surface area contributed by atoms with Gasteiger partial charge in [0.15, 0.2) is 0 Å². The van der Waals surface area contributed by atoms with Gasteiger partial charge in [-0.05, 0) is 42.4 Å². The predicted octanol–water partition coefficient (Wildman–Crippen LogP) is 2.66. The van der Waals surface area contributed by atoms with Crippen LogP contribution in [0.5, 0.6) is 0 Å². The van der Waals surface area contributed by atoms with E-state index in [1.165, 1.54) is 25.0 Å². The number of nitrogens with one attached hydrogen (secondary N) is 1. The largest absolute Gasteiger partial charge is 0.326 e. The second kappa shape index (κ2) is 3.05. The van der Waals surface area contributed by atoms with Gasteiger partial charge >= 0.3 is 0 Å². The highest BCUT2D eigenvalue weighted by Gasteiger charge is 2.37. The lowest BCUT2D eigenvalue weighted by atomic mass is 9.87. The number of hydrogen-bond acceptors (Lipinski definition) is 1. The third-order valence-corrected chi connectivity index (χ3v) is 3.29. The van der Waals surface area contributed by atoms with Crippen LogP contribution in [-0.2, 0) is 4.79 Å². The first-order valence-corrected chi connectivity index (χ1v) is 5.33. The summed E-state index contributed by atoms with van der Waals surface area (Å²) in [7, 11) is 0. The van der Waals surface area contributed by atoms with E-state index in [0.717, 1.165) is 5.56 Å². The zero-order chi connectivity index (χ0) is 10.4. The highest BCUT2D eigenvalue weighted by Crippen LogP contribution is 2.48. The molecular weight excluding hydrogens is 193 g/mol. The van der Waals surface area contributed by atoms with Gasteiger partial charge in [0.05, 0.1) is 0 Å². The van der Waals surface area contributed by atoms with Gasteiger partial charge in [0, 0.05) is 12.1 Å². The van der Waals surface area contributed by atoms with Gasteiger partial charge < -0.3 is 5.32 Å². The summed E-state index contributed by atoms with van der Waals surface area (Å²) < 4.78 is 13.0. The molecule has 0 bridgehead atoms. The minimum atomic E-state index is -0.287. The molecule has 2 nitrogen and oxygen atoms in total. The molecule has 78 valence electrons. The van der Waals surface area contributed by atoms with Crippen LogP contribution in [0.15, 0.2) is 18.2 Å². The highest BCUT2D eigenvalue weighted by molar-refractivity contribution is 5.94. The third kappa shape index (κ3) is 1.52. The normalized spacial score (nSPS) is 24.6. The summed E-state index contributed by atoms with van der Waals surface area (Å²) in [5, 5.41) is 2.73. The number of carbonyl (C=O) groups excluding carboxylic acids is 1. The Kier molecular flexibility index (Phi) is 1.81. The van der Waals surface area contributed by atoms with Crippen LogP contribution in [0, 0.1) is 11.7 Å². The van der Waals surface area contributed by atoms with Gasteiger partial charge in [-0.1, -0.05) is 6.07 Å². The van der Waals surface area contributed by atoms with Crippen molar-refractivity contribution in [2.24, 2.45) is 5.92 Å². The third-order valence-electron chi connectivity index (χ3n) is 3.29. The molecule has 3 rings (SSSR count). The van der Waals surface area contributed by atoms with E-state index in [0.29, 0.717) is 23.9 Å². The average Bonchev–Trinajstić information content (AvgIpc) is 2.98. The molecule has 1 aliphatic carbocycles. The zero-order valence-electron chi connectivity index (χ0n) is 8.29. The van der Waals surface area contributed by atoms with Crippen LogP contribution in [0.1, 0.15) is 30.7 Å². The van der Waals surface area contributed by atoms with Crippen LogP contribution in [0.4, 0.5) is 10.1 Å². The first-order valence-electron chi connectivity index (χ1n) is 5.33. The molecule has 0 spiro atoms. The Morgan fingerprint density at radius 1 is 1.33 bits per heavy atom. The van der Waals surface area contributed by atoms with Crippen molar-refractivity contribution in [3.05, 3.63) is 29.6 Å². The molecule has 0 aromatic heterocycles. The zero-order valence-corrected chi connectivity index (χ0v) is 8.29. The summed E-state index contributed by atoms with van der Waals surface area (Å²) in [6.45, 7) is 0. The van der Waals surface area contributed by atoms with Crippen molar-refractivity contribution in [2.75, 3.05) is 5.32 Å². The van der Waals surface area contributed by atoms with Crippen molar-refractivity contribution >= 4 is 11.6 Å². The molecule has 0 radical (unpaired) electrons. The number of rotatable bonds is 1. The van der Waals surface area contributed by atoms with Crippen LogP contribution in [0.25, 0.3) is 0 Å². The van der Waals surface area contributed by atoms with Gasteiger partial charge in [-0.2, -0.15) is 0 Å². The van der Waals surface area contributed by atoms with Gasteiger partial charge in [-0.15, -0.1) is 0 Å². The number of benzene rings is 1. The second-order valence-electron chi connectivity index (χ2n) is 4.43. The number of halogens is 1. The Balaban J connectivity index is 2.05. The number of fused-ring (bicyclic) bond motifs is 1. The summed E-state index contributed by atoms with van der Waals surface area (Å²) in [5.41, 5.74) is 1.78. The molecule has 1 unspecified atom stereocenters. The van der Waals surface area contributed by atoms with E-state index in [4.69, 9.17) is 0 Å². The molecule has 3 heteroatoms. The molecule has 1 aromatic rings. The summed E-state index contributed by atoms with van der Waals surface area (Å²) in [5.74, 6) is 0.685. The molecule has 2 aliphatic rings. The molecule has 1 aromatic carbocycles. The lowest BCUT2D eigenvalue weighted by molar-refractivity contribution is -0.117. The van der Waals surface area contributed by atoms with Crippen molar-refractivity contribution in [1.29, 1.82) is 0 Å². The molecule has 1 heterocycles. The van der Waals surface area contributed by atoms with Crippen LogP contribution in [0.3, 0.4) is 0 Å². The Morgan fingerprint density at radius 2 is 2.13 bits per heavy atom. The Morgan fingerprint density at radius 3 is 2.87 bits per heavy atom.